The van der Waals surface area contributed by atoms with Crippen LogP contribution in [0.15, 0.2) is 18.2 Å². The van der Waals surface area contributed by atoms with Gasteiger partial charge in [-0.25, -0.2) is 4.79 Å². The number of ether oxygens (including phenoxy) is 1. The fraction of sp³-hybridized carbons (Fsp3) is 0.579. The normalized spacial score (nSPS) is 25.4. The molecule has 0 saturated carbocycles. The molecule has 1 fully saturated rings. The van der Waals surface area contributed by atoms with E-state index < -0.39 is 11.4 Å². The minimum Gasteiger partial charge on any atom is -0.497 e. The highest BCUT2D eigenvalue weighted by Gasteiger charge is 2.42. The first-order valence-corrected chi connectivity index (χ1v) is 8.86. The Balaban J connectivity index is 1.60. The summed E-state index contributed by atoms with van der Waals surface area (Å²) in [5.41, 5.74) is 1.75. The van der Waals surface area contributed by atoms with Crippen LogP contribution in [-0.2, 0) is 11.2 Å². The molecule has 0 spiro atoms. The highest BCUT2D eigenvalue weighted by molar-refractivity contribution is 5.79. The second-order valence-electron chi connectivity index (χ2n) is 7.38. The fourth-order valence-corrected chi connectivity index (χ4v) is 3.86. The maximum Gasteiger partial charge on any atom is 0.317 e. The van der Waals surface area contributed by atoms with Gasteiger partial charge in [-0.3, -0.25) is 4.79 Å². The summed E-state index contributed by atoms with van der Waals surface area (Å²) in [6.07, 6.45) is 3.69. The van der Waals surface area contributed by atoms with E-state index >= 15 is 0 Å². The molecule has 1 aliphatic carbocycles. The Labute approximate surface area is 148 Å². The lowest BCUT2D eigenvalue weighted by molar-refractivity contribution is -0.147. The number of methoxy groups -OCH3 is 1. The maximum atomic E-state index is 12.4. The maximum absolute atomic E-state index is 12.4. The second kappa shape index (κ2) is 6.94. The summed E-state index contributed by atoms with van der Waals surface area (Å²) >= 11 is 0. The number of rotatable bonds is 4. The number of carbonyl (C=O) groups excluding carboxylic acids is 1. The number of amides is 2. The summed E-state index contributed by atoms with van der Waals surface area (Å²) in [6.45, 7) is 3.05. The van der Waals surface area contributed by atoms with Crippen LogP contribution in [0.1, 0.15) is 43.2 Å². The molecule has 1 aromatic carbocycles. The number of hydrogen-bond donors (Lipinski definition) is 2. The number of nitrogens with zero attached hydrogens (tertiary/aromatic N) is 1. The van der Waals surface area contributed by atoms with E-state index in [-0.39, 0.29) is 12.6 Å². The molecular weight excluding hydrogens is 320 g/mol. The van der Waals surface area contributed by atoms with Crippen molar-refractivity contribution in [3.8, 4) is 5.75 Å². The topological polar surface area (TPSA) is 78.9 Å². The van der Waals surface area contributed by atoms with Crippen LogP contribution in [0.5, 0.6) is 5.75 Å². The molecule has 3 rings (SSSR count). The van der Waals surface area contributed by atoms with Crippen LogP contribution in [0.25, 0.3) is 0 Å². The molecule has 1 saturated heterocycles. The SMILES string of the molecule is COc1ccc2c(c1)CCCC2CNC(=O)N1CCC(C)(C(=O)O)C1. The average Bonchev–Trinajstić information content (AvgIpc) is 3.03. The van der Waals surface area contributed by atoms with Gasteiger partial charge in [0.1, 0.15) is 5.75 Å². The van der Waals surface area contributed by atoms with Crippen molar-refractivity contribution >= 4 is 12.0 Å². The van der Waals surface area contributed by atoms with Gasteiger partial charge < -0.3 is 20.1 Å². The number of likely N-dealkylation sites (tertiary alicyclic amines) is 1. The lowest BCUT2D eigenvalue weighted by Gasteiger charge is -2.27. The van der Waals surface area contributed by atoms with Crippen molar-refractivity contribution in [3.63, 3.8) is 0 Å². The summed E-state index contributed by atoms with van der Waals surface area (Å²) in [7, 11) is 1.67. The number of nitrogens with one attached hydrogen (secondary N) is 1. The zero-order valence-electron chi connectivity index (χ0n) is 14.9. The number of carbonyl (C=O) groups is 2. The molecular formula is C19H26N2O4. The number of hydrogen-bond acceptors (Lipinski definition) is 3. The van der Waals surface area contributed by atoms with Crippen molar-refractivity contribution in [1.29, 1.82) is 0 Å². The van der Waals surface area contributed by atoms with Gasteiger partial charge in [0.2, 0.25) is 0 Å². The molecule has 2 amide bonds. The summed E-state index contributed by atoms with van der Waals surface area (Å²) in [5.74, 6) is 0.332. The molecule has 0 bridgehead atoms. The number of fused-ring (bicyclic) bond motifs is 1. The molecule has 1 heterocycles. The zero-order chi connectivity index (χ0) is 18.0. The molecule has 1 aromatic rings. The van der Waals surface area contributed by atoms with Crippen molar-refractivity contribution in [2.75, 3.05) is 26.7 Å². The number of carboxylic acids is 1. The first kappa shape index (κ1) is 17.6. The predicted molar refractivity (Wildman–Crippen MR) is 94.0 cm³/mol. The number of aliphatic carboxylic acids is 1. The van der Waals surface area contributed by atoms with Gasteiger partial charge in [0.05, 0.1) is 12.5 Å². The Morgan fingerprint density at radius 3 is 2.92 bits per heavy atom. The van der Waals surface area contributed by atoms with E-state index in [1.165, 1.54) is 11.1 Å². The standard InChI is InChI=1S/C19H26N2O4/c1-19(17(22)23)8-9-21(12-19)18(24)20-11-14-5-3-4-13-10-15(25-2)6-7-16(13)14/h6-7,10,14H,3-5,8-9,11-12H2,1-2H3,(H,20,24)(H,22,23). The summed E-state index contributed by atoms with van der Waals surface area (Å²) in [6, 6.07) is 5.99. The molecule has 6 heteroatoms. The number of aryl methyl sites for hydroxylation is 1. The number of benzene rings is 1. The monoisotopic (exact) mass is 346 g/mol. The van der Waals surface area contributed by atoms with Crippen molar-refractivity contribution in [1.82, 2.24) is 10.2 Å². The molecule has 2 unspecified atom stereocenters. The molecule has 2 N–H and O–H groups in total. The van der Waals surface area contributed by atoms with Crippen molar-refractivity contribution in [2.24, 2.45) is 5.41 Å². The minimum atomic E-state index is -0.835. The van der Waals surface area contributed by atoms with Crippen molar-refractivity contribution < 1.29 is 19.4 Å². The lowest BCUT2D eigenvalue weighted by atomic mass is 9.82. The molecule has 6 nitrogen and oxygen atoms in total. The predicted octanol–water partition coefficient (Wildman–Crippen LogP) is 2.62. The van der Waals surface area contributed by atoms with Gasteiger partial charge in [0.25, 0.3) is 0 Å². The van der Waals surface area contributed by atoms with Crippen molar-refractivity contribution in [3.05, 3.63) is 29.3 Å². The highest BCUT2D eigenvalue weighted by Crippen LogP contribution is 2.34. The third kappa shape index (κ3) is 3.57. The summed E-state index contributed by atoms with van der Waals surface area (Å²) < 4.78 is 5.30. The molecule has 2 aliphatic rings. The Kier molecular flexibility index (Phi) is 4.88. The zero-order valence-corrected chi connectivity index (χ0v) is 14.9. The third-order valence-electron chi connectivity index (χ3n) is 5.57. The van der Waals surface area contributed by atoms with E-state index in [1.807, 2.05) is 6.07 Å². The summed E-state index contributed by atoms with van der Waals surface area (Å²) in [4.78, 5) is 25.3. The Bertz CT molecular complexity index is 675. The molecule has 0 aromatic heterocycles. The van der Waals surface area contributed by atoms with E-state index in [9.17, 15) is 14.7 Å². The number of carboxylic acid groups (broad SMARTS) is 1. The smallest absolute Gasteiger partial charge is 0.317 e. The largest absolute Gasteiger partial charge is 0.497 e. The number of urea groups is 1. The molecule has 1 aliphatic heterocycles. The van der Waals surface area contributed by atoms with E-state index in [4.69, 9.17) is 4.74 Å². The van der Waals surface area contributed by atoms with Crippen LogP contribution in [0.2, 0.25) is 0 Å². The first-order chi connectivity index (χ1) is 11.9. The quantitative estimate of drug-likeness (QED) is 0.878. The molecule has 0 radical (unpaired) electrons. The van der Waals surface area contributed by atoms with Crippen LogP contribution < -0.4 is 10.1 Å². The average molecular weight is 346 g/mol. The Morgan fingerprint density at radius 2 is 2.24 bits per heavy atom. The van der Waals surface area contributed by atoms with Crippen LogP contribution in [-0.4, -0.2) is 48.8 Å². The van der Waals surface area contributed by atoms with Crippen LogP contribution in [0.4, 0.5) is 4.79 Å². The first-order valence-electron chi connectivity index (χ1n) is 8.86. The Hall–Kier alpha value is -2.24. The van der Waals surface area contributed by atoms with Gasteiger partial charge in [0.15, 0.2) is 0 Å². The van der Waals surface area contributed by atoms with Gasteiger partial charge in [-0.15, -0.1) is 0 Å². The van der Waals surface area contributed by atoms with Crippen molar-refractivity contribution in [2.45, 2.75) is 38.5 Å². The van der Waals surface area contributed by atoms with Crippen LogP contribution in [0, 0.1) is 5.41 Å². The van der Waals surface area contributed by atoms with Gasteiger partial charge in [-0.2, -0.15) is 0 Å². The minimum absolute atomic E-state index is 0.161. The second-order valence-corrected chi connectivity index (χ2v) is 7.38. The summed E-state index contributed by atoms with van der Waals surface area (Å²) in [5, 5.41) is 12.3. The molecule has 2 atom stereocenters. The van der Waals surface area contributed by atoms with E-state index in [1.54, 1.807) is 18.9 Å². The van der Waals surface area contributed by atoms with Crippen LogP contribution in [0.3, 0.4) is 0 Å². The van der Waals surface area contributed by atoms with Gasteiger partial charge in [0, 0.05) is 25.6 Å². The Morgan fingerprint density at radius 1 is 1.44 bits per heavy atom. The molecule has 136 valence electrons. The van der Waals surface area contributed by atoms with Gasteiger partial charge in [-0.1, -0.05) is 6.07 Å². The molecule has 25 heavy (non-hydrogen) atoms. The van der Waals surface area contributed by atoms with Crippen LogP contribution >= 0.6 is 0 Å². The fourth-order valence-electron chi connectivity index (χ4n) is 3.86. The lowest BCUT2D eigenvalue weighted by Crippen LogP contribution is -2.42. The van der Waals surface area contributed by atoms with E-state index in [2.05, 4.69) is 17.4 Å². The van der Waals surface area contributed by atoms with E-state index in [0.717, 1.165) is 25.0 Å². The van der Waals surface area contributed by atoms with Gasteiger partial charge in [-0.05, 0) is 55.9 Å². The van der Waals surface area contributed by atoms with E-state index in [0.29, 0.717) is 25.4 Å². The van der Waals surface area contributed by atoms with Gasteiger partial charge >= 0.3 is 12.0 Å². The highest BCUT2D eigenvalue weighted by atomic mass is 16.5. The third-order valence-corrected chi connectivity index (χ3v) is 5.57.